The molecule has 0 aliphatic heterocycles. The maximum Gasteiger partial charge on any atom is 0.295 e. The Balaban J connectivity index is 2.34. The first-order chi connectivity index (χ1) is 14.2. The predicted octanol–water partition coefficient (Wildman–Crippen LogP) is 3.63. The molecule has 2 aromatic heterocycles. The zero-order chi connectivity index (χ0) is 22.4. The molecule has 2 unspecified atom stereocenters. The van der Waals surface area contributed by atoms with E-state index in [0.29, 0.717) is 13.1 Å². The van der Waals surface area contributed by atoms with Crippen LogP contribution in [0.5, 0.6) is 0 Å². The predicted molar refractivity (Wildman–Crippen MR) is 112 cm³/mol. The van der Waals surface area contributed by atoms with Crippen LogP contribution in [-0.2, 0) is 4.79 Å². The number of carbonyl (C=O) groups excluding carboxylic acids is 1. The summed E-state index contributed by atoms with van der Waals surface area (Å²) in [5.41, 5.74) is 0.708. The Labute approximate surface area is 173 Å². The molecule has 0 saturated carbocycles. The van der Waals surface area contributed by atoms with E-state index in [1.807, 2.05) is 0 Å². The summed E-state index contributed by atoms with van der Waals surface area (Å²) in [7, 11) is 0. The van der Waals surface area contributed by atoms with Crippen LogP contribution in [0.2, 0.25) is 0 Å². The van der Waals surface area contributed by atoms with E-state index in [9.17, 15) is 25.0 Å². The summed E-state index contributed by atoms with van der Waals surface area (Å²) < 4.78 is 0. The quantitative estimate of drug-likeness (QED) is 0.436. The monoisotopic (exact) mass is 416 g/mol. The van der Waals surface area contributed by atoms with E-state index in [4.69, 9.17) is 0 Å². The summed E-state index contributed by atoms with van der Waals surface area (Å²) in [4.78, 5) is 43.0. The van der Waals surface area contributed by atoms with Crippen molar-refractivity contribution >= 4 is 28.5 Å². The highest BCUT2D eigenvalue weighted by molar-refractivity contribution is 5.91. The summed E-state index contributed by atoms with van der Waals surface area (Å²) >= 11 is 0. The minimum Gasteiger partial charge on any atom is -0.379 e. The van der Waals surface area contributed by atoms with Crippen LogP contribution in [0, 0.1) is 20.2 Å². The van der Waals surface area contributed by atoms with Crippen LogP contribution < -0.4 is 10.6 Å². The molecule has 2 aromatic rings. The number of rotatable bonds is 10. The fourth-order valence-electron chi connectivity index (χ4n) is 3.02. The van der Waals surface area contributed by atoms with Crippen molar-refractivity contribution in [3.05, 3.63) is 56.1 Å². The van der Waals surface area contributed by atoms with E-state index in [-0.39, 0.29) is 39.9 Å². The number of nitro groups is 2. The third-order valence-electron chi connectivity index (χ3n) is 4.68. The topological polar surface area (TPSA) is 153 Å². The first-order valence-corrected chi connectivity index (χ1v) is 9.51. The molecule has 0 fully saturated rings. The van der Waals surface area contributed by atoms with Gasteiger partial charge in [-0.3, -0.25) is 35.0 Å². The molecule has 0 amide bonds. The third kappa shape index (κ3) is 4.85. The third-order valence-corrected chi connectivity index (χ3v) is 4.68. The minimum atomic E-state index is -0.760. The number of carbonyl (C=O) groups is 1. The molecule has 11 nitrogen and oxygen atoms in total. The number of hydrogen-bond acceptors (Lipinski definition) is 9. The van der Waals surface area contributed by atoms with Gasteiger partial charge in [-0.25, -0.2) is 0 Å². The van der Waals surface area contributed by atoms with Crippen molar-refractivity contribution in [3.63, 3.8) is 0 Å². The van der Waals surface area contributed by atoms with E-state index in [1.54, 1.807) is 27.7 Å². The number of Topliss-reactive ketones (excluding diaryl/α,β-unsaturated/α-hetero) is 1. The normalized spacial score (nSPS) is 12.7. The van der Waals surface area contributed by atoms with Crippen LogP contribution in [0.15, 0.2) is 24.5 Å². The number of pyridine rings is 2. The molecule has 2 rings (SSSR count). The highest BCUT2D eigenvalue weighted by atomic mass is 16.6. The Morgan fingerprint density at radius 2 is 1.27 bits per heavy atom. The van der Waals surface area contributed by atoms with Gasteiger partial charge in [0.1, 0.15) is 17.2 Å². The molecule has 0 aliphatic carbocycles. The van der Waals surface area contributed by atoms with Crippen molar-refractivity contribution in [2.75, 3.05) is 23.7 Å². The molecule has 0 radical (unpaired) electrons. The number of nitrogens with one attached hydrogen (secondary N) is 2. The molecule has 0 bridgehead atoms. The molecule has 0 saturated heterocycles. The van der Waals surface area contributed by atoms with Gasteiger partial charge in [0.25, 0.3) is 11.4 Å². The number of anilines is 2. The molecule has 0 aromatic carbocycles. The first kappa shape index (κ1) is 22.7. The Morgan fingerprint density at radius 3 is 1.57 bits per heavy atom. The smallest absolute Gasteiger partial charge is 0.295 e. The Hall–Kier alpha value is -3.63. The molecule has 0 spiro atoms. The summed E-state index contributed by atoms with van der Waals surface area (Å²) in [6.45, 7) is 7.78. The van der Waals surface area contributed by atoms with Crippen molar-refractivity contribution in [3.8, 4) is 0 Å². The lowest BCUT2D eigenvalue weighted by Gasteiger charge is -2.17. The number of aromatic nitrogens is 2. The van der Waals surface area contributed by atoms with Crippen LogP contribution in [0.4, 0.5) is 22.7 Å². The summed E-state index contributed by atoms with van der Waals surface area (Å²) in [6, 6.07) is 2.55. The van der Waals surface area contributed by atoms with Gasteiger partial charge in [-0.15, -0.1) is 0 Å². The largest absolute Gasteiger partial charge is 0.379 e. The average Bonchev–Trinajstić information content (AvgIpc) is 2.72. The van der Waals surface area contributed by atoms with E-state index < -0.39 is 21.7 Å². The van der Waals surface area contributed by atoms with E-state index in [0.717, 1.165) is 0 Å². The number of ketones is 1. The molecule has 30 heavy (non-hydrogen) atoms. The fraction of sp³-hybridized carbons (Fsp3) is 0.421. The standard InChI is InChI=1S/C19H24N6O5/c1-5-20-15-9-22-13(7-17(15)24(27)28)11(3)19(26)12(4)14-8-18(25(29)30)16(10-23-14)21-6-2/h7-12,20-21H,5-6H2,1-4H3. The second-order valence-corrected chi connectivity index (χ2v) is 6.67. The molecule has 2 heterocycles. The molecule has 11 heteroatoms. The van der Waals surface area contributed by atoms with Gasteiger partial charge in [-0.2, -0.15) is 0 Å². The van der Waals surface area contributed by atoms with E-state index in [2.05, 4.69) is 20.6 Å². The van der Waals surface area contributed by atoms with E-state index >= 15 is 0 Å². The zero-order valence-electron chi connectivity index (χ0n) is 17.2. The average molecular weight is 416 g/mol. The van der Waals surface area contributed by atoms with Crippen LogP contribution in [0.25, 0.3) is 0 Å². The van der Waals surface area contributed by atoms with Gasteiger partial charge in [0.05, 0.1) is 45.5 Å². The van der Waals surface area contributed by atoms with Crippen LogP contribution in [-0.4, -0.2) is 38.7 Å². The Kier molecular flexibility index (Phi) is 7.34. The fourth-order valence-corrected chi connectivity index (χ4v) is 3.02. The van der Waals surface area contributed by atoms with Crippen molar-refractivity contribution < 1.29 is 14.6 Å². The number of hydrogen-bond donors (Lipinski definition) is 2. The SMILES string of the molecule is CCNc1cnc(C(C)C(=O)C(C)c2cc([N+](=O)[O-])c(NCC)cn2)cc1[N+](=O)[O-]. The van der Waals surface area contributed by atoms with Gasteiger partial charge in [-0.05, 0) is 27.7 Å². The van der Waals surface area contributed by atoms with E-state index in [1.165, 1.54) is 24.5 Å². The van der Waals surface area contributed by atoms with Gasteiger partial charge >= 0.3 is 0 Å². The van der Waals surface area contributed by atoms with Crippen molar-refractivity contribution in [2.45, 2.75) is 39.5 Å². The lowest BCUT2D eigenvalue weighted by Crippen LogP contribution is -2.19. The lowest BCUT2D eigenvalue weighted by atomic mass is 9.90. The maximum atomic E-state index is 13.0. The minimum absolute atomic E-state index is 0.169. The lowest BCUT2D eigenvalue weighted by molar-refractivity contribution is -0.384. The van der Waals surface area contributed by atoms with Gasteiger partial charge in [-0.1, -0.05) is 0 Å². The second-order valence-electron chi connectivity index (χ2n) is 6.67. The summed E-state index contributed by atoms with van der Waals surface area (Å²) in [6.07, 6.45) is 2.67. The second kappa shape index (κ2) is 9.72. The van der Waals surface area contributed by atoms with Crippen LogP contribution >= 0.6 is 0 Å². The highest BCUT2D eigenvalue weighted by Crippen LogP contribution is 2.32. The molecule has 0 aliphatic rings. The Morgan fingerprint density at radius 1 is 0.900 bits per heavy atom. The van der Waals surface area contributed by atoms with Crippen molar-refractivity contribution in [1.82, 2.24) is 9.97 Å². The molecular weight excluding hydrogens is 392 g/mol. The molecular formula is C19H24N6O5. The summed E-state index contributed by atoms with van der Waals surface area (Å²) in [5.74, 6) is -1.82. The molecule has 160 valence electrons. The van der Waals surface area contributed by atoms with Crippen LogP contribution in [0.3, 0.4) is 0 Å². The molecule has 2 N–H and O–H groups in total. The van der Waals surface area contributed by atoms with Gasteiger partial charge in [0, 0.05) is 25.2 Å². The van der Waals surface area contributed by atoms with Gasteiger partial charge < -0.3 is 10.6 Å². The number of nitrogens with zero attached hydrogens (tertiary/aromatic N) is 4. The highest BCUT2D eigenvalue weighted by Gasteiger charge is 2.28. The van der Waals surface area contributed by atoms with Gasteiger partial charge in [0.15, 0.2) is 0 Å². The van der Waals surface area contributed by atoms with Crippen molar-refractivity contribution in [2.24, 2.45) is 0 Å². The first-order valence-electron chi connectivity index (χ1n) is 9.51. The summed E-state index contributed by atoms with van der Waals surface area (Å²) in [5, 5.41) is 28.4. The van der Waals surface area contributed by atoms with Crippen LogP contribution in [0.1, 0.15) is 50.9 Å². The zero-order valence-corrected chi connectivity index (χ0v) is 17.2. The maximum absolute atomic E-state index is 13.0. The molecule has 2 atom stereocenters. The Bertz CT molecular complexity index is 889. The van der Waals surface area contributed by atoms with Crippen molar-refractivity contribution in [1.29, 1.82) is 0 Å². The van der Waals surface area contributed by atoms with Gasteiger partial charge in [0.2, 0.25) is 0 Å².